The zero-order valence-corrected chi connectivity index (χ0v) is 9.33. The molecule has 15 heavy (non-hydrogen) atoms. The molecule has 84 valence electrons. The lowest BCUT2D eigenvalue weighted by Crippen LogP contribution is -2.40. The fourth-order valence-electron chi connectivity index (χ4n) is 1.54. The summed E-state index contributed by atoms with van der Waals surface area (Å²) in [6.07, 6.45) is 2.96. The number of aromatic nitrogens is 2. The Hall–Kier alpha value is -0.810. The van der Waals surface area contributed by atoms with Gasteiger partial charge in [0.05, 0.1) is 6.10 Å². The molecule has 1 aromatic heterocycles. The van der Waals surface area contributed by atoms with Gasteiger partial charge in [0, 0.05) is 25.5 Å². The van der Waals surface area contributed by atoms with Crippen LogP contribution in [0.5, 0.6) is 0 Å². The number of aryl methyl sites for hydroxylation is 1. The maximum Gasteiger partial charge on any atom is 0.315 e. The minimum atomic E-state index is 0.368. The zero-order valence-electron chi connectivity index (χ0n) is 8.57. The molecule has 0 saturated heterocycles. The highest BCUT2D eigenvalue weighted by Crippen LogP contribution is 2.25. The molecule has 1 N–H and O–H groups in total. The molecule has 2 rings (SSSR count). The minimum Gasteiger partial charge on any atom is -0.408 e. The molecule has 1 aliphatic rings. The molecule has 6 heteroatoms. The van der Waals surface area contributed by atoms with Gasteiger partial charge >= 0.3 is 6.01 Å². The number of hydrogen-bond acceptors (Lipinski definition) is 5. The minimum absolute atomic E-state index is 0.368. The van der Waals surface area contributed by atoms with E-state index in [4.69, 9.17) is 20.8 Å². The second-order valence-corrected chi connectivity index (χ2v) is 3.99. The van der Waals surface area contributed by atoms with Crippen molar-refractivity contribution in [3.8, 4) is 0 Å². The van der Waals surface area contributed by atoms with E-state index in [-0.39, 0.29) is 0 Å². The molecule has 0 amide bonds. The fourth-order valence-corrected chi connectivity index (χ4v) is 1.71. The van der Waals surface area contributed by atoms with Gasteiger partial charge in [-0.2, -0.15) is 0 Å². The third-order valence-electron chi connectivity index (χ3n) is 2.53. The van der Waals surface area contributed by atoms with E-state index >= 15 is 0 Å². The first kappa shape index (κ1) is 10.7. The van der Waals surface area contributed by atoms with Crippen LogP contribution < -0.4 is 5.32 Å². The predicted molar refractivity (Wildman–Crippen MR) is 56.2 cm³/mol. The van der Waals surface area contributed by atoms with Crippen LogP contribution in [0.4, 0.5) is 6.01 Å². The molecular weight excluding hydrogens is 218 g/mol. The van der Waals surface area contributed by atoms with Crippen molar-refractivity contribution < 1.29 is 9.15 Å². The van der Waals surface area contributed by atoms with Crippen LogP contribution in [0.3, 0.4) is 0 Å². The summed E-state index contributed by atoms with van der Waals surface area (Å²) in [5, 5.41) is 10.9. The van der Waals surface area contributed by atoms with Gasteiger partial charge in [0.25, 0.3) is 0 Å². The summed E-state index contributed by atoms with van der Waals surface area (Å²) in [7, 11) is 1.73. The molecule has 0 aromatic carbocycles. The highest BCUT2D eigenvalue weighted by Gasteiger charge is 2.29. The molecular formula is C9H14ClN3O2. The molecule has 1 aromatic rings. The van der Waals surface area contributed by atoms with Crippen molar-refractivity contribution in [3.05, 3.63) is 5.89 Å². The molecule has 1 fully saturated rings. The Labute approximate surface area is 93.1 Å². The van der Waals surface area contributed by atoms with Crippen LogP contribution in [0.1, 0.15) is 18.7 Å². The number of hydrogen-bond donors (Lipinski definition) is 1. The van der Waals surface area contributed by atoms with Crippen LogP contribution >= 0.6 is 11.6 Å². The number of nitrogens with zero attached hydrogens (tertiary/aromatic N) is 2. The molecule has 0 radical (unpaired) electrons. The largest absolute Gasteiger partial charge is 0.408 e. The number of nitrogens with one attached hydrogen (secondary N) is 1. The Kier molecular flexibility index (Phi) is 3.43. The highest BCUT2D eigenvalue weighted by molar-refractivity contribution is 6.17. The Balaban J connectivity index is 1.79. The zero-order chi connectivity index (χ0) is 10.7. The molecule has 0 atom stereocenters. The first-order chi connectivity index (χ1) is 7.31. The molecule has 1 saturated carbocycles. The Bertz CT molecular complexity index is 312. The monoisotopic (exact) mass is 231 g/mol. The van der Waals surface area contributed by atoms with E-state index in [2.05, 4.69) is 15.5 Å². The van der Waals surface area contributed by atoms with E-state index in [1.807, 2.05) is 0 Å². The van der Waals surface area contributed by atoms with Crippen LogP contribution in [0.2, 0.25) is 0 Å². The summed E-state index contributed by atoms with van der Waals surface area (Å²) in [6.45, 7) is 0. The van der Waals surface area contributed by atoms with E-state index in [0.29, 0.717) is 36.4 Å². The van der Waals surface area contributed by atoms with Gasteiger partial charge in [0.2, 0.25) is 5.89 Å². The second-order valence-electron chi connectivity index (χ2n) is 3.61. The van der Waals surface area contributed by atoms with Gasteiger partial charge in [-0.15, -0.1) is 16.7 Å². The van der Waals surface area contributed by atoms with Gasteiger partial charge in [-0.1, -0.05) is 5.10 Å². The third-order valence-corrected chi connectivity index (χ3v) is 2.72. The smallest absolute Gasteiger partial charge is 0.315 e. The SMILES string of the molecule is COC1CC(Nc2nnc(CCCl)o2)C1. The molecule has 0 bridgehead atoms. The molecule has 1 aliphatic carbocycles. The van der Waals surface area contributed by atoms with Crippen LogP contribution in [0.25, 0.3) is 0 Å². The van der Waals surface area contributed by atoms with Crippen molar-refractivity contribution in [1.82, 2.24) is 10.2 Å². The molecule has 1 heterocycles. The van der Waals surface area contributed by atoms with E-state index in [0.717, 1.165) is 12.8 Å². The van der Waals surface area contributed by atoms with Crippen molar-refractivity contribution in [1.29, 1.82) is 0 Å². The van der Waals surface area contributed by atoms with Crippen LogP contribution in [0, 0.1) is 0 Å². The van der Waals surface area contributed by atoms with Gasteiger partial charge in [-0.3, -0.25) is 0 Å². The van der Waals surface area contributed by atoms with Crippen molar-refractivity contribution in [2.45, 2.75) is 31.4 Å². The Morgan fingerprint density at radius 2 is 2.33 bits per heavy atom. The van der Waals surface area contributed by atoms with Crippen molar-refractivity contribution in [3.63, 3.8) is 0 Å². The average molecular weight is 232 g/mol. The summed E-state index contributed by atoms with van der Waals surface area (Å²) >= 11 is 5.56. The quantitative estimate of drug-likeness (QED) is 0.777. The van der Waals surface area contributed by atoms with Crippen LogP contribution in [0.15, 0.2) is 4.42 Å². The average Bonchev–Trinajstić information content (AvgIpc) is 2.59. The van der Waals surface area contributed by atoms with Crippen LogP contribution in [-0.2, 0) is 11.2 Å². The van der Waals surface area contributed by atoms with Gasteiger partial charge in [-0.25, -0.2) is 0 Å². The van der Waals surface area contributed by atoms with E-state index < -0.39 is 0 Å². The summed E-state index contributed by atoms with van der Waals surface area (Å²) in [4.78, 5) is 0. The van der Waals surface area contributed by atoms with Crippen molar-refractivity contribution in [2.24, 2.45) is 0 Å². The van der Waals surface area contributed by atoms with E-state index in [9.17, 15) is 0 Å². The number of alkyl halides is 1. The van der Waals surface area contributed by atoms with Crippen LogP contribution in [-0.4, -0.2) is 35.3 Å². The molecule has 0 unspecified atom stereocenters. The number of ether oxygens (including phenoxy) is 1. The summed E-state index contributed by atoms with van der Waals surface area (Å²) in [6, 6.07) is 0.869. The molecule has 5 nitrogen and oxygen atoms in total. The molecule has 0 spiro atoms. The predicted octanol–water partition coefficient (Wildman–Crippen LogP) is 1.44. The third kappa shape index (κ3) is 2.60. The molecule has 0 aliphatic heterocycles. The first-order valence-corrected chi connectivity index (χ1v) is 5.53. The summed E-state index contributed by atoms with van der Waals surface area (Å²) in [5.41, 5.74) is 0. The van der Waals surface area contributed by atoms with Gasteiger partial charge < -0.3 is 14.5 Å². The van der Waals surface area contributed by atoms with Gasteiger partial charge in [0.15, 0.2) is 0 Å². The van der Waals surface area contributed by atoms with Gasteiger partial charge in [-0.05, 0) is 12.8 Å². The number of methoxy groups -OCH3 is 1. The topological polar surface area (TPSA) is 60.2 Å². The highest BCUT2D eigenvalue weighted by atomic mass is 35.5. The second kappa shape index (κ2) is 4.81. The van der Waals surface area contributed by atoms with E-state index in [1.165, 1.54) is 0 Å². The number of rotatable bonds is 5. The maximum atomic E-state index is 5.56. The Morgan fingerprint density at radius 1 is 1.53 bits per heavy atom. The van der Waals surface area contributed by atoms with Crippen molar-refractivity contribution in [2.75, 3.05) is 18.3 Å². The standard InChI is InChI=1S/C9H14ClN3O2/c1-14-7-4-6(5-7)11-9-13-12-8(15-9)2-3-10/h6-7H,2-5H2,1H3,(H,11,13). The normalized spacial score (nSPS) is 24.9. The number of anilines is 1. The van der Waals surface area contributed by atoms with Crippen molar-refractivity contribution >= 4 is 17.6 Å². The lowest BCUT2D eigenvalue weighted by atomic mass is 9.89. The lowest BCUT2D eigenvalue weighted by molar-refractivity contribution is 0.0323. The van der Waals surface area contributed by atoms with E-state index in [1.54, 1.807) is 7.11 Å². The fraction of sp³-hybridized carbons (Fsp3) is 0.778. The summed E-state index contributed by atoms with van der Waals surface area (Å²) in [5.74, 6) is 1.08. The maximum absolute atomic E-state index is 5.56. The summed E-state index contributed by atoms with van der Waals surface area (Å²) < 4.78 is 10.5. The first-order valence-electron chi connectivity index (χ1n) is 4.99. The Morgan fingerprint density at radius 3 is 3.00 bits per heavy atom. The number of halogens is 1. The lowest BCUT2D eigenvalue weighted by Gasteiger charge is -2.33. The van der Waals surface area contributed by atoms with Gasteiger partial charge in [0.1, 0.15) is 0 Å².